The van der Waals surface area contributed by atoms with Gasteiger partial charge >= 0.3 is 18.3 Å². The van der Waals surface area contributed by atoms with E-state index in [-0.39, 0.29) is 36.6 Å². The van der Waals surface area contributed by atoms with Gasteiger partial charge in [0, 0.05) is 36.4 Å². The number of benzene rings is 1. The molecule has 1 N–H and O–H groups in total. The summed E-state index contributed by atoms with van der Waals surface area (Å²) in [7, 11) is 0. The van der Waals surface area contributed by atoms with Crippen LogP contribution in [0.2, 0.25) is 0 Å². The molecule has 0 bridgehead atoms. The van der Waals surface area contributed by atoms with Crippen molar-refractivity contribution in [3.05, 3.63) is 67.5 Å². The second-order valence-electron chi connectivity index (χ2n) is 7.57. The standard InChI is InChI=1S/C20H16BrF7N2O3/c21-13-4-11(3-12(5-13)19(23,24)25)17(18(32)33)30-7-10(1-2-29-8-14(22)9-29)15(6-16(30)31)20(26,27)28/h3-7,14,17H,1-2,8-9H2,(H,32,33). The number of pyridine rings is 1. The Kier molecular flexibility index (Phi) is 6.94. The minimum absolute atomic E-state index is 0.0224. The van der Waals surface area contributed by atoms with Gasteiger partial charge in [-0.3, -0.25) is 14.3 Å². The van der Waals surface area contributed by atoms with Gasteiger partial charge in [0.05, 0.1) is 11.1 Å². The number of carboxylic acids is 1. The van der Waals surface area contributed by atoms with Crippen molar-refractivity contribution >= 4 is 21.9 Å². The van der Waals surface area contributed by atoms with Gasteiger partial charge in [0.2, 0.25) is 0 Å². The molecule has 0 aliphatic carbocycles. The molecule has 180 valence electrons. The number of hydrogen-bond donors (Lipinski definition) is 1. The van der Waals surface area contributed by atoms with Crippen molar-refractivity contribution in [2.45, 2.75) is 31.0 Å². The van der Waals surface area contributed by atoms with E-state index in [0.29, 0.717) is 22.9 Å². The van der Waals surface area contributed by atoms with E-state index >= 15 is 0 Å². The van der Waals surface area contributed by atoms with Crippen molar-refractivity contribution in [2.75, 3.05) is 19.6 Å². The molecule has 5 nitrogen and oxygen atoms in total. The van der Waals surface area contributed by atoms with E-state index < -0.39 is 58.3 Å². The number of carboxylic acid groups (broad SMARTS) is 1. The van der Waals surface area contributed by atoms with E-state index in [1.165, 1.54) is 0 Å². The zero-order valence-corrected chi connectivity index (χ0v) is 18.1. The van der Waals surface area contributed by atoms with Crippen molar-refractivity contribution in [1.82, 2.24) is 9.47 Å². The summed E-state index contributed by atoms with van der Waals surface area (Å²) >= 11 is 2.86. The van der Waals surface area contributed by atoms with Crippen LogP contribution in [0.25, 0.3) is 0 Å². The summed E-state index contributed by atoms with van der Waals surface area (Å²) in [4.78, 5) is 26.0. The van der Waals surface area contributed by atoms with Gasteiger partial charge in [-0.15, -0.1) is 0 Å². The molecule has 1 atom stereocenters. The number of aliphatic carboxylic acids is 1. The lowest BCUT2D eigenvalue weighted by Gasteiger charge is -2.34. The molecule has 1 fully saturated rings. The maximum atomic E-state index is 13.5. The van der Waals surface area contributed by atoms with E-state index in [4.69, 9.17) is 0 Å². The molecule has 2 aromatic rings. The Morgan fingerprint density at radius 2 is 1.73 bits per heavy atom. The number of nitrogens with zero attached hydrogens (tertiary/aromatic N) is 2. The maximum Gasteiger partial charge on any atom is 0.416 e. The lowest BCUT2D eigenvalue weighted by atomic mass is 10.0. The number of likely N-dealkylation sites (tertiary alicyclic amines) is 1. The molecule has 0 amide bonds. The molecule has 0 saturated carbocycles. The summed E-state index contributed by atoms with van der Waals surface area (Å²) in [5.74, 6) is -1.74. The van der Waals surface area contributed by atoms with Crippen LogP contribution in [0.4, 0.5) is 30.7 Å². The third-order valence-corrected chi connectivity index (χ3v) is 5.61. The average molecular weight is 545 g/mol. The van der Waals surface area contributed by atoms with E-state index in [1.807, 2.05) is 0 Å². The molecule has 2 heterocycles. The number of aromatic nitrogens is 1. The number of alkyl halides is 7. The van der Waals surface area contributed by atoms with Crippen LogP contribution < -0.4 is 5.56 Å². The first-order valence-electron chi connectivity index (χ1n) is 9.46. The average Bonchev–Trinajstić information content (AvgIpc) is 2.64. The minimum atomic E-state index is -4.93. The van der Waals surface area contributed by atoms with Crippen molar-refractivity contribution in [1.29, 1.82) is 0 Å². The number of carbonyl (C=O) groups is 1. The van der Waals surface area contributed by atoms with Gasteiger partial charge in [0.25, 0.3) is 5.56 Å². The SMILES string of the molecule is O=C(O)C(c1cc(Br)cc(C(F)(F)F)c1)n1cc(CCN2CC(F)C2)c(C(F)(F)F)cc1=O. The van der Waals surface area contributed by atoms with Crippen LogP contribution in [-0.2, 0) is 23.6 Å². The maximum absolute atomic E-state index is 13.5. The molecule has 1 aromatic heterocycles. The first-order valence-corrected chi connectivity index (χ1v) is 10.3. The van der Waals surface area contributed by atoms with Crippen molar-refractivity contribution in [3.63, 3.8) is 0 Å². The van der Waals surface area contributed by atoms with Gasteiger partial charge < -0.3 is 5.11 Å². The Labute approximate surface area is 190 Å². The summed E-state index contributed by atoms with van der Waals surface area (Å²) in [5, 5.41) is 9.68. The quantitative estimate of drug-likeness (QED) is 0.543. The summed E-state index contributed by atoms with van der Waals surface area (Å²) in [6.45, 7) is 0.0998. The number of hydrogen-bond acceptors (Lipinski definition) is 3. The highest BCUT2D eigenvalue weighted by molar-refractivity contribution is 9.10. The fourth-order valence-corrected chi connectivity index (χ4v) is 4.09. The van der Waals surface area contributed by atoms with Crippen LogP contribution in [0.5, 0.6) is 0 Å². The summed E-state index contributed by atoms with van der Waals surface area (Å²) in [6, 6.07) is 0.473. The Balaban J connectivity index is 2.10. The summed E-state index contributed by atoms with van der Waals surface area (Å²) in [5.41, 5.74) is -4.71. The topological polar surface area (TPSA) is 62.5 Å². The van der Waals surface area contributed by atoms with Crippen molar-refractivity contribution < 1.29 is 40.6 Å². The van der Waals surface area contributed by atoms with E-state index in [1.54, 1.807) is 4.90 Å². The molecule has 1 saturated heterocycles. The van der Waals surface area contributed by atoms with Gasteiger partial charge in [-0.1, -0.05) is 15.9 Å². The lowest BCUT2D eigenvalue weighted by Crippen LogP contribution is -2.49. The predicted octanol–water partition coefficient (Wildman–Crippen LogP) is 4.52. The molecular weight excluding hydrogens is 529 g/mol. The Bertz CT molecular complexity index is 1110. The molecule has 0 radical (unpaired) electrons. The second-order valence-corrected chi connectivity index (χ2v) is 8.49. The van der Waals surface area contributed by atoms with Crippen molar-refractivity contribution in [3.8, 4) is 0 Å². The minimum Gasteiger partial charge on any atom is -0.479 e. The third-order valence-electron chi connectivity index (χ3n) is 5.15. The van der Waals surface area contributed by atoms with E-state index in [9.17, 15) is 45.4 Å². The van der Waals surface area contributed by atoms with E-state index in [2.05, 4.69) is 15.9 Å². The first kappa shape index (κ1) is 25.2. The highest BCUT2D eigenvalue weighted by Crippen LogP contribution is 2.35. The largest absolute Gasteiger partial charge is 0.479 e. The number of halogens is 8. The lowest BCUT2D eigenvalue weighted by molar-refractivity contribution is -0.141. The predicted molar refractivity (Wildman–Crippen MR) is 106 cm³/mol. The smallest absolute Gasteiger partial charge is 0.416 e. The molecule has 33 heavy (non-hydrogen) atoms. The van der Waals surface area contributed by atoms with Gasteiger partial charge in [-0.25, -0.2) is 9.18 Å². The fourth-order valence-electron chi connectivity index (χ4n) is 3.58. The zero-order chi connectivity index (χ0) is 24.7. The monoisotopic (exact) mass is 544 g/mol. The second kappa shape index (κ2) is 9.09. The highest BCUT2D eigenvalue weighted by atomic mass is 79.9. The summed E-state index contributed by atoms with van der Waals surface area (Å²) < 4.78 is 93.4. The van der Waals surface area contributed by atoms with Gasteiger partial charge in [0.1, 0.15) is 6.17 Å². The van der Waals surface area contributed by atoms with Gasteiger partial charge in [-0.2, -0.15) is 26.3 Å². The van der Waals surface area contributed by atoms with Crippen LogP contribution in [0.3, 0.4) is 0 Å². The Morgan fingerprint density at radius 3 is 2.24 bits per heavy atom. The van der Waals surface area contributed by atoms with Crippen LogP contribution >= 0.6 is 15.9 Å². The molecular formula is C20H16BrF7N2O3. The van der Waals surface area contributed by atoms with E-state index in [0.717, 1.165) is 6.07 Å². The van der Waals surface area contributed by atoms with Crippen molar-refractivity contribution in [2.24, 2.45) is 0 Å². The molecule has 3 rings (SSSR count). The molecule has 0 spiro atoms. The zero-order valence-electron chi connectivity index (χ0n) is 16.6. The third kappa shape index (κ3) is 5.75. The molecule has 13 heteroatoms. The van der Waals surface area contributed by atoms with Crippen LogP contribution in [0.1, 0.15) is 28.3 Å². The molecule has 1 aliphatic rings. The van der Waals surface area contributed by atoms with Crippen LogP contribution in [0, 0.1) is 0 Å². The molecule has 1 aromatic carbocycles. The fraction of sp³-hybridized carbons (Fsp3) is 0.400. The molecule has 1 unspecified atom stereocenters. The van der Waals surface area contributed by atoms with Crippen LogP contribution in [-0.4, -0.2) is 46.3 Å². The number of rotatable bonds is 6. The highest BCUT2D eigenvalue weighted by Gasteiger charge is 2.37. The van der Waals surface area contributed by atoms with Crippen LogP contribution in [0.15, 0.2) is 39.7 Å². The first-order chi connectivity index (χ1) is 15.2. The summed E-state index contributed by atoms with van der Waals surface area (Å²) in [6.07, 6.45) is -10.4. The Hall–Kier alpha value is -2.41. The Morgan fingerprint density at radius 1 is 1.09 bits per heavy atom. The van der Waals surface area contributed by atoms with Gasteiger partial charge in [0.15, 0.2) is 6.04 Å². The van der Waals surface area contributed by atoms with Gasteiger partial charge in [-0.05, 0) is 35.7 Å². The molecule has 1 aliphatic heterocycles. The normalized spacial score (nSPS) is 16.5.